The van der Waals surface area contributed by atoms with E-state index in [1.54, 1.807) is 20.8 Å². The molecule has 0 spiro atoms. The van der Waals surface area contributed by atoms with Crippen molar-refractivity contribution in [1.82, 2.24) is 15.0 Å². The number of anilines is 1. The number of amides is 1. The van der Waals surface area contributed by atoms with E-state index in [4.69, 9.17) is 4.74 Å². The Kier molecular flexibility index (Phi) is 5.37. The highest BCUT2D eigenvalue weighted by Gasteiger charge is 2.24. The molecule has 0 saturated carbocycles. The van der Waals surface area contributed by atoms with Crippen molar-refractivity contribution in [1.29, 1.82) is 0 Å². The molecule has 0 aliphatic heterocycles. The average Bonchev–Trinajstić information content (AvgIpc) is 2.96. The number of hydrogen-bond donors (Lipinski definition) is 1. The third kappa shape index (κ3) is 3.83. The molecule has 7 nitrogen and oxygen atoms in total. The lowest BCUT2D eigenvalue weighted by molar-refractivity contribution is 0.0589. The third-order valence-electron chi connectivity index (χ3n) is 3.93. The number of nitrogens with one attached hydrogen (secondary N) is 1. The molecule has 0 radical (unpaired) electrons. The maximum atomic E-state index is 14.4. The number of ether oxygens (including phenoxy) is 1. The van der Waals surface area contributed by atoms with Crippen molar-refractivity contribution in [2.24, 2.45) is 0 Å². The van der Waals surface area contributed by atoms with Gasteiger partial charge in [0.2, 0.25) is 5.16 Å². The maximum Gasteiger partial charge on any atom is 0.414 e. The summed E-state index contributed by atoms with van der Waals surface area (Å²) in [6, 6.07) is 2.62. The van der Waals surface area contributed by atoms with Gasteiger partial charge in [-0.05, 0) is 39.2 Å². The molecule has 1 unspecified atom stereocenters. The second-order valence-corrected chi connectivity index (χ2v) is 9.27. The summed E-state index contributed by atoms with van der Waals surface area (Å²) in [5.41, 5.74) is 0.585. The second kappa shape index (κ2) is 7.32. The Morgan fingerprint density at radius 2 is 2.00 bits per heavy atom. The standard InChI is InChI=1S/C18H21FN4O3S2/c1-18(2,3)26-17(24)23(4)11-8-9(19)7-10-12-14(20-13(10)11)21-16(28(6)25)22-15(12)27-5/h7-8H,1-6H3,(H,20,21,22). The Morgan fingerprint density at radius 1 is 1.32 bits per heavy atom. The van der Waals surface area contributed by atoms with Gasteiger partial charge in [-0.3, -0.25) is 9.11 Å². The van der Waals surface area contributed by atoms with Crippen LogP contribution in [0.3, 0.4) is 0 Å². The lowest BCUT2D eigenvalue weighted by atomic mass is 10.1. The minimum absolute atomic E-state index is 0.186. The van der Waals surface area contributed by atoms with Crippen LogP contribution in [-0.4, -0.2) is 50.4 Å². The van der Waals surface area contributed by atoms with Crippen LogP contribution in [0.25, 0.3) is 21.9 Å². The molecule has 28 heavy (non-hydrogen) atoms. The minimum Gasteiger partial charge on any atom is -0.443 e. The Bertz CT molecular complexity index is 1110. The average molecular weight is 425 g/mol. The van der Waals surface area contributed by atoms with Crippen molar-refractivity contribution in [3.05, 3.63) is 17.9 Å². The van der Waals surface area contributed by atoms with Gasteiger partial charge in [-0.1, -0.05) is 0 Å². The molecular weight excluding hydrogens is 403 g/mol. The number of carbonyl (C=O) groups excluding carboxylic acids is 1. The molecule has 10 heteroatoms. The number of nitrogens with zero attached hydrogens (tertiary/aromatic N) is 3. The number of hydrogen-bond acceptors (Lipinski definition) is 6. The number of fused-ring (bicyclic) bond motifs is 3. The van der Waals surface area contributed by atoms with E-state index in [9.17, 15) is 13.4 Å². The zero-order valence-electron chi connectivity index (χ0n) is 16.4. The number of benzene rings is 1. The first kappa shape index (κ1) is 20.5. The quantitative estimate of drug-likeness (QED) is 0.387. The van der Waals surface area contributed by atoms with Crippen molar-refractivity contribution >= 4 is 56.3 Å². The molecule has 1 amide bonds. The fourth-order valence-corrected chi connectivity index (χ4v) is 3.85. The Morgan fingerprint density at radius 3 is 2.57 bits per heavy atom. The molecule has 2 heterocycles. The zero-order chi connectivity index (χ0) is 20.8. The molecule has 2 aromatic heterocycles. The smallest absolute Gasteiger partial charge is 0.414 e. The minimum atomic E-state index is -1.37. The van der Waals surface area contributed by atoms with Gasteiger partial charge in [0.25, 0.3) is 0 Å². The van der Waals surface area contributed by atoms with Crippen LogP contribution in [0.2, 0.25) is 0 Å². The van der Waals surface area contributed by atoms with E-state index in [1.807, 2.05) is 6.26 Å². The van der Waals surface area contributed by atoms with Gasteiger partial charge >= 0.3 is 6.09 Å². The Labute approximate surface area is 168 Å². The lowest BCUT2D eigenvalue weighted by Crippen LogP contribution is -2.34. The van der Waals surface area contributed by atoms with Gasteiger partial charge in [-0.25, -0.2) is 19.2 Å². The first-order valence-electron chi connectivity index (χ1n) is 8.39. The summed E-state index contributed by atoms with van der Waals surface area (Å²) in [6.07, 6.45) is 2.72. The highest BCUT2D eigenvalue weighted by atomic mass is 32.2. The van der Waals surface area contributed by atoms with E-state index >= 15 is 0 Å². The number of rotatable bonds is 3. The molecule has 150 valence electrons. The van der Waals surface area contributed by atoms with Crippen molar-refractivity contribution in [3.8, 4) is 0 Å². The van der Waals surface area contributed by atoms with E-state index in [1.165, 1.54) is 42.1 Å². The molecule has 1 aromatic carbocycles. The number of carbonyl (C=O) groups is 1. The van der Waals surface area contributed by atoms with E-state index in [0.717, 1.165) is 0 Å². The predicted molar refractivity (Wildman–Crippen MR) is 110 cm³/mol. The van der Waals surface area contributed by atoms with E-state index in [2.05, 4.69) is 15.0 Å². The van der Waals surface area contributed by atoms with Crippen LogP contribution in [0.4, 0.5) is 14.9 Å². The van der Waals surface area contributed by atoms with Gasteiger partial charge < -0.3 is 9.72 Å². The summed E-state index contributed by atoms with van der Waals surface area (Å²) in [4.78, 5) is 25.5. The molecule has 3 aromatic rings. The van der Waals surface area contributed by atoms with Crippen molar-refractivity contribution in [2.45, 2.75) is 36.6 Å². The summed E-state index contributed by atoms with van der Waals surface area (Å²) in [6.45, 7) is 5.28. The highest BCUT2D eigenvalue weighted by molar-refractivity contribution is 7.98. The largest absolute Gasteiger partial charge is 0.443 e. The van der Waals surface area contributed by atoms with Crippen LogP contribution < -0.4 is 4.90 Å². The van der Waals surface area contributed by atoms with E-state index in [0.29, 0.717) is 32.6 Å². The van der Waals surface area contributed by atoms with Crippen molar-refractivity contribution in [3.63, 3.8) is 0 Å². The van der Waals surface area contributed by atoms with Crippen LogP contribution in [0.15, 0.2) is 22.3 Å². The normalized spacial score (nSPS) is 13.1. The number of H-pyrrole nitrogens is 1. The first-order valence-corrected chi connectivity index (χ1v) is 11.2. The van der Waals surface area contributed by atoms with Gasteiger partial charge in [-0.2, -0.15) is 0 Å². The van der Waals surface area contributed by atoms with Crippen molar-refractivity contribution < 1.29 is 18.1 Å². The predicted octanol–water partition coefficient (Wildman–Crippen LogP) is 4.08. The van der Waals surface area contributed by atoms with Crippen LogP contribution in [-0.2, 0) is 15.5 Å². The molecular formula is C18H21FN4O3S2. The van der Waals surface area contributed by atoms with E-state index in [-0.39, 0.29) is 5.16 Å². The van der Waals surface area contributed by atoms with E-state index < -0.39 is 28.3 Å². The molecule has 1 N–H and O–H groups in total. The molecule has 0 aliphatic rings. The van der Waals surface area contributed by atoms with Gasteiger partial charge in [0.05, 0.1) is 27.4 Å². The number of halogens is 1. The molecule has 0 aliphatic carbocycles. The van der Waals surface area contributed by atoms with Crippen LogP contribution in [0.5, 0.6) is 0 Å². The number of thioether (sulfide) groups is 1. The molecule has 0 saturated heterocycles. The fraction of sp³-hybridized carbons (Fsp3) is 0.389. The maximum absolute atomic E-state index is 14.4. The zero-order valence-corrected chi connectivity index (χ0v) is 18.0. The monoisotopic (exact) mass is 424 g/mol. The van der Waals surface area contributed by atoms with Gasteiger partial charge in [0.15, 0.2) is 0 Å². The SMILES string of the molecule is CSc1nc(S(C)=O)nc2[nH]c3c(N(C)C(=O)OC(C)(C)C)cc(F)cc3c12. The molecule has 0 bridgehead atoms. The second-order valence-electron chi connectivity index (χ2n) is 7.21. The summed E-state index contributed by atoms with van der Waals surface area (Å²) in [5.74, 6) is -0.506. The lowest BCUT2D eigenvalue weighted by Gasteiger charge is -2.25. The number of aromatic amines is 1. The summed E-state index contributed by atoms with van der Waals surface area (Å²) < 4.78 is 31.7. The third-order valence-corrected chi connectivity index (χ3v) is 5.31. The van der Waals surface area contributed by atoms with Crippen LogP contribution in [0.1, 0.15) is 20.8 Å². The number of aromatic nitrogens is 3. The van der Waals surface area contributed by atoms with Gasteiger partial charge in [0.1, 0.15) is 22.1 Å². The highest BCUT2D eigenvalue weighted by Crippen LogP contribution is 2.36. The Balaban J connectivity index is 2.26. The topological polar surface area (TPSA) is 88.2 Å². The molecule has 3 rings (SSSR count). The molecule has 0 fully saturated rings. The molecule has 1 atom stereocenters. The summed E-state index contributed by atoms with van der Waals surface area (Å²) in [5, 5.41) is 1.93. The van der Waals surface area contributed by atoms with Crippen LogP contribution >= 0.6 is 11.8 Å². The summed E-state index contributed by atoms with van der Waals surface area (Å²) >= 11 is 1.35. The van der Waals surface area contributed by atoms with Gasteiger partial charge in [-0.15, -0.1) is 11.8 Å². The fourth-order valence-electron chi connectivity index (χ4n) is 2.76. The van der Waals surface area contributed by atoms with Crippen molar-refractivity contribution in [2.75, 3.05) is 24.5 Å². The van der Waals surface area contributed by atoms with Gasteiger partial charge in [0, 0.05) is 18.7 Å². The van der Waals surface area contributed by atoms with Crippen LogP contribution in [0, 0.1) is 5.82 Å². The Hall–Kier alpha value is -2.20. The summed E-state index contributed by atoms with van der Waals surface area (Å²) in [7, 11) is 0.145. The first-order chi connectivity index (χ1) is 13.0.